The van der Waals surface area contributed by atoms with E-state index in [0.29, 0.717) is 15.7 Å². The number of nitro benzene ring substituents is 1. The van der Waals surface area contributed by atoms with E-state index in [9.17, 15) is 19.3 Å². The van der Waals surface area contributed by atoms with E-state index >= 15 is 0 Å². The van der Waals surface area contributed by atoms with Crippen molar-refractivity contribution in [2.45, 2.75) is 41.4 Å². The molecule has 0 bridgehead atoms. The van der Waals surface area contributed by atoms with Gasteiger partial charge in [0.2, 0.25) is 5.95 Å². The number of nitrogens with zero attached hydrogens (tertiary/aromatic N) is 3. The molecule has 1 aliphatic carbocycles. The van der Waals surface area contributed by atoms with Crippen LogP contribution in [0.2, 0.25) is 0 Å². The summed E-state index contributed by atoms with van der Waals surface area (Å²) < 4.78 is 14.1. The van der Waals surface area contributed by atoms with Crippen molar-refractivity contribution in [2.75, 3.05) is 5.32 Å². The Morgan fingerprint density at radius 3 is 2.48 bits per heavy atom. The molecule has 2 aromatic carbocycles. The fraction of sp³-hybridized carbons (Fsp3) is 0.227. The van der Waals surface area contributed by atoms with Gasteiger partial charge in [-0.1, -0.05) is 36.7 Å². The number of anilines is 1. The third-order valence-corrected chi connectivity index (χ3v) is 6.33. The number of amides is 1. The van der Waals surface area contributed by atoms with Crippen LogP contribution >= 0.6 is 11.8 Å². The van der Waals surface area contributed by atoms with Gasteiger partial charge < -0.3 is 0 Å². The highest BCUT2D eigenvalue weighted by Gasteiger charge is 2.21. The molecular formula is C22H19FN4O3S. The molecule has 158 valence electrons. The van der Waals surface area contributed by atoms with E-state index in [0.717, 1.165) is 30.2 Å². The Bertz CT molecular complexity index is 1120. The second-order valence-corrected chi connectivity index (χ2v) is 8.33. The zero-order valence-electron chi connectivity index (χ0n) is 16.5. The molecule has 0 radical (unpaired) electrons. The average molecular weight is 438 g/mol. The molecule has 1 aliphatic rings. The molecule has 3 aromatic rings. The number of benzene rings is 2. The van der Waals surface area contributed by atoms with E-state index in [1.165, 1.54) is 37.1 Å². The molecule has 31 heavy (non-hydrogen) atoms. The normalized spacial score (nSPS) is 13.8. The Hall–Kier alpha value is -3.33. The topological polar surface area (TPSA) is 98.0 Å². The lowest BCUT2D eigenvalue weighted by molar-refractivity contribution is -0.384. The summed E-state index contributed by atoms with van der Waals surface area (Å²) in [7, 11) is 0. The van der Waals surface area contributed by atoms with Gasteiger partial charge in [-0.25, -0.2) is 14.4 Å². The Labute approximate surface area is 182 Å². The largest absolute Gasteiger partial charge is 0.290 e. The van der Waals surface area contributed by atoms with Crippen LogP contribution in [-0.2, 0) is 0 Å². The first-order valence-electron chi connectivity index (χ1n) is 9.85. The molecule has 1 N–H and O–H groups in total. The van der Waals surface area contributed by atoms with Crippen LogP contribution in [0.15, 0.2) is 64.6 Å². The van der Waals surface area contributed by atoms with Gasteiger partial charge >= 0.3 is 0 Å². The predicted octanol–water partition coefficient (Wildman–Crippen LogP) is 5.59. The number of carbonyl (C=O) groups is 1. The fourth-order valence-electron chi connectivity index (χ4n) is 3.59. The van der Waals surface area contributed by atoms with Crippen LogP contribution in [-0.4, -0.2) is 20.8 Å². The molecule has 0 saturated heterocycles. The van der Waals surface area contributed by atoms with E-state index in [-0.39, 0.29) is 17.2 Å². The number of rotatable bonds is 6. The predicted molar refractivity (Wildman–Crippen MR) is 115 cm³/mol. The molecule has 1 aromatic heterocycles. The molecular weight excluding hydrogens is 419 g/mol. The van der Waals surface area contributed by atoms with Crippen molar-refractivity contribution >= 4 is 29.3 Å². The number of nitrogens with one attached hydrogen (secondary N) is 1. The van der Waals surface area contributed by atoms with Gasteiger partial charge in [0, 0.05) is 34.3 Å². The van der Waals surface area contributed by atoms with Crippen molar-refractivity contribution in [1.29, 1.82) is 0 Å². The number of hydrogen-bond acceptors (Lipinski definition) is 6. The lowest BCUT2D eigenvalue weighted by Gasteiger charge is -2.11. The van der Waals surface area contributed by atoms with Crippen LogP contribution in [0.25, 0.3) is 0 Å². The third-order valence-electron chi connectivity index (χ3n) is 5.20. The van der Waals surface area contributed by atoms with Crippen molar-refractivity contribution < 1.29 is 14.1 Å². The molecule has 0 aliphatic heterocycles. The maximum absolute atomic E-state index is 14.1. The standard InChI is InChI=1S/C22H19FN4O3S/c23-18-7-3-4-8-20(18)31-19-10-9-16(27(29)30)11-17(19)21(28)26-22-24-12-15(13-25-22)14-5-1-2-6-14/h3-4,7-14H,1-2,5-6H2,(H,24,25,26,28). The maximum Gasteiger partial charge on any atom is 0.270 e. The van der Waals surface area contributed by atoms with Gasteiger partial charge in [0.15, 0.2) is 0 Å². The average Bonchev–Trinajstić information content (AvgIpc) is 3.31. The van der Waals surface area contributed by atoms with E-state index in [1.54, 1.807) is 30.6 Å². The van der Waals surface area contributed by atoms with E-state index in [4.69, 9.17) is 0 Å². The molecule has 1 heterocycles. The Balaban J connectivity index is 1.58. The molecule has 9 heteroatoms. The van der Waals surface area contributed by atoms with Gasteiger partial charge in [0.05, 0.1) is 10.5 Å². The Morgan fingerprint density at radius 2 is 1.81 bits per heavy atom. The number of hydrogen-bond donors (Lipinski definition) is 1. The minimum Gasteiger partial charge on any atom is -0.290 e. The summed E-state index contributed by atoms with van der Waals surface area (Å²) in [6.45, 7) is 0. The smallest absolute Gasteiger partial charge is 0.270 e. The van der Waals surface area contributed by atoms with Crippen molar-refractivity contribution in [3.8, 4) is 0 Å². The maximum atomic E-state index is 14.1. The summed E-state index contributed by atoms with van der Waals surface area (Å²) in [5.41, 5.74) is 0.855. The zero-order valence-corrected chi connectivity index (χ0v) is 17.3. The molecule has 7 nitrogen and oxygen atoms in total. The van der Waals surface area contributed by atoms with Crippen molar-refractivity contribution in [1.82, 2.24) is 9.97 Å². The molecule has 1 saturated carbocycles. The third kappa shape index (κ3) is 4.88. The second kappa shape index (κ2) is 9.22. The molecule has 4 rings (SSSR count). The van der Waals surface area contributed by atoms with E-state index in [1.807, 2.05) is 0 Å². The van der Waals surface area contributed by atoms with Crippen LogP contribution in [0.4, 0.5) is 16.0 Å². The second-order valence-electron chi connectivity index (χ2n) is 7.25. The van der Waals surface area contributed by atoms with Gasteiger partial charge in [0.25, 0.3) is 11.6 Å². The first-order valence-corrected chi connectivity index (χ1v) is 10.7. The van der Waals surface area contributed by atoms with Crippen molar-refractivity contribution in [3.05, 3.63) is 81.9 Å². The SMILES string of the molecule is O=C(Nc1ncc(C2CCCC2)cn1)c1cc([N+](=O)[O-])ccc1Sc1ccccc1F. The monoisotopic (exact) mass is 438 g/mol. The van der Waals surface area contributed by atoms with Gasteiger partial charge in [-0.3, -0.25) is 20.2 Å². The minimum absolute atomic E-state index is 0.0472. The summed E-state index contributed by atoms with van der Waals surface area (Å²) in [5, 5.41) is 13.8. The lowest BCUT2D eigenvalue weighted by atomic mass is 10.0. The molecule has 1 amide bonds. The van der Waals surface area contributed by atoms with Crippen LogP contribution < -0.4 is 5.32 Å². The lowest BCUT2D eigenvalue weighted by Crippen LogP contribution is -2.15. The number of halogens is 1. The van der Waals surface area contributed by atoms with Crippen molar-refractivity contribution in [2.24, 2.45) is 0 Å². The first kappa shape index (κ1) is 20.9. The van der Waals surface area contributed by atoms with Crippen LogP contribution in [0.1, 0.15) is 47.5 Å². The highest BCUT2D eigenvalue weighted by molar-refractivity contribution is 7.99. The van der Waals surface area contributed by atoms with Gasteiger partial charge in [-0.05, 0) is 42.5 Å². The Kier molecular flexibility index (Phi) is 6.22. The van der Waals surface area contributed by atoms with Gasteiger partial charge in [-0.2, -0.15) is 0 Å². The van der Waals surface area contributed by atoms with Crippen LogP contribution in [0, 0.1) is 15.9 Å². The molecule has 1 fully saturated rings. The van der Waals surface area contributed by atoms with Crippen LogP contribution in [0.3, 0.4) is 0 Å². The summed E-state index contributed by atoms with van der Waals surface area (Å²) in [6.07, 6.45) is 8.03. The number of nitro groups is 1. The summed E-state index contributed by atoms with van der Waals surface area (Å²) in [4.78, 5) is 32.7. The summed E-state index contributed by atoms with van der Waals surface area (Å²) in [5.74, 6) is -0.482. The summed E-state index contributed by atoms with van der Waals surface area (Å²) >= 11 is 1.02. The van der Waals surface area contributed by atoms with Gasteiger partial charge in [0.1, 0.15) is 5.82 Å². The number of aromatic nitrogens is 2. The molecule has 0 unspecified atom stereocenters. The zero-order chi connectivity index (χ0) is 21.8. The first-order chi connectivity index (χ1) is 15.0. The van der Waals surface area contributed by atoms with Gasteiger partial charge in [-0.15, -0.1) is 0 Å². The highest BCUT2D eigenvalue weighted by Crippen LogP contribution is 2.35. The summed E-state index contributed by atoms with van der Waals surface area (Å²) in [6, 6.07) is 10.0. The Morgan fingerprint density at radius 1 is 1.10 bits per heavy atom. The quantitative estimate of drug-likeness (QED) is 0.398. The molecule has 0 atom stereocenters. The molecule has 0 spiro atoms. The van der Waals surface area contributed by atoms with Crippen molar-refractivity contribution in [3.63, 3.8) is 0 Å². The minimum atomic E-state index is -0.601. The van der Waals surface area contributed by atoms with E-state index in [2.05, 4.69) is 15.3 Å². The van der Waals surface area contributed by atoms with Crippen LogP contribution in [0.5, 0.6) is 0 Å². The number of non-ortho nitro benzene ring substituents is 1. The number of carbonyl (C=O) groups excluding carboxylic acids is 1. The van der Waals surface area contributed by atoms with E-state index < -0.39 is 16.6 Å². The fourth-order valence-corrected chi connectivity index (χ4v) is 4.53. The highest BCUT2D eigenvalue weighted by atomic mass is 32.2.